The third-order valence-corrected chi connectivity index (χ3v) is 8.52. The maximum absolute atomic E-state index is 12.9. The van der Waals surface area contributed by atoms with E-state index in [1.807, 2.05) is 36.7 Å². The van der Waals surface area contributed by atoms with E-state index in [4.69, 9.17) is 4.74 Å². The first-order chi connectivity index (χ1) is 16.7. The fourth-order valence-corrected chi connectivity index (χ4v) is 6.05. The number of amides is 1. The summed E-state index contributed by atoms with van der Waals surface area (Å²) in [6, 6.07) is 13.3. The van der Waals surface area contributed by atoms with E-state index < -0.39 is 28.5 Å². The van der Waals surface area contributed by atoms with Crippen LogP contribution >= 0.6 is 27.3 Å². The van der Waals surface area contributed by atoms with Crippen LogP contribution in [-0.4, -0.2) is 74.3 Å². The highest BCUT2D eigenvalue weighted by molar-refractivity contribution is 9.10. The number of sulfonamides is 1. The minimum atomic E-state index is -3.73. The number of ether oxygens (including phenoxy) is 1. The van der Waals surface area contributed by atoms with Crippen molar-refractivity contribution in [1.29, 1.82) is 0 Å². The summed E-state index contributed by atoms with van der Waals surface area (Å²) in [6.45, 7) is 1.51. The highest BCUT2D eigenvalue weighted by atomic mass is 79.9. The molecule has 184 valence electrons. The molecule has 1 aliphatic heterocycles. The monoisotopic (exact) mass is 578 g/mol. The van der Waals surface area contributed by atoms with Crippen LogP contribution in [0.1, 0.15) is 10.4 Å². The lowest BCUT2D eigenvalue weighted by Gasteiger charge is -2.31. The van der Waals surface area contributed by atoms with Gasteiger partial charge in [0.15, 0.2) is 11.7 Å². The van der Waals surface area contributed by atoms with E-state index in [-0.39, 0.29) is 10.5 Å². The number of thiazole rings is 1. The third kappa shape index (κ3) is 6.33. The molecule has 1 N–H and O–H groups in total. The van der Waals surface area contributed by atoms with Gasteiger partial charge in [-0.15, -0.1) is 11.3 Å². The summed E-state index contributed by atoms with van der Waals surface area (Å²) in [4.78, 5) is 31.2. The summed E-state index contributed by atoms with van der Waals surface area (Å²) >= 11 is 4.67. The van der Waals surface area contributed by atoms with Crippen molar-refractivity contribution in [3.63, 3.8) is 0 Å². The molecule has 0 saturated carbocycles. The summed E-state index contributed by atoms with van der Waals surface area (Å²) in [7, 11) is -1.79. The van der Waals surface area contributed by atoms with E-state index in [9.17, 15) is 18.0 Å². The Bertz CT molecular complexity index is 1340. The molecule has 1 amide bonds. The summed E-state index contributed by atoms with van der Waals surface area (Å²) in [5.74, 6) is -1.33. The Morgan fingerprint density at radius 2 is 1.86 bits per heavy atom. The van der Waals surface area contributed by atoms with Crippen LogP contribution in [0.5, 0.6) is 0 Å². The number of piperazine rings is 1. The fraction of sp³-hybridized carbons (Fsp3) is 0.261. The van der Waals surface area contributed by atoms with Crippen LogP contribution in [0, 0.1) is 0 Å². The third-order valence-electron chi connectivity index (χ3n) is 5.38. The van der Waals surface area contributed by atoms with Crippen LogP contribution in [0.25, 0.3) is 11.3 Å². The molecule has 1 fully saturated rings. The first kappa shape index (κ1) is 25.5. The van der Waals surface area contributed by atoms with Crippen molar-refractivity contribution in [2.45, 2.75) is 4.90 Å². The molecule has 35 heavy (non-hydrogen) atoms. The molecule has 0 aliphatic carbocycles. The predicted molar refractivity (Wildman–Crippen MR) is 137 cm³/mol. The number of carbonyl (C=O) groups is 2. The molecule has 0 atom stereocenters. The average molecular weight is 579 g/mol. The van der Waals surface area contributed by atoms with Crippen molar-refractivity contribution in [3.05, 3.63) is 63.9 Å². The minimum Gasteiger partial charge on any atom is -0.452 e. The minimum absolute atomic E-state index is 0.0174. The standard InChI is InChI=1S/C23H23BrN4O5S2/c1-27-8-10-28(11-9-27)35(31,32)19-7-3-5-17(13-19)22(30)33-14-21(29)26-23-25-20(15-34-23)16-4-2-6-18(24)12-16/h2-7,12-13,15H,8-11,14H2,1H3,(H,25,26,29). The summed E-state index contributed by atoms with van der Waals surface area (Å²) in [5.41, 5.74) is 1.66. The molecule has 4 rings (SSSR count). The Hall–Kier alpha value is -2.64. The van der Waals surface area contributed by atoms with Crippen LogP contribution in [0.3, 0.4) is 0 Å². The van der Waals surface area contributed by atoms with Crippen molar-refractivity contribution in [2.75, 3.05) is 45.2 Å². The molecule has 0 radical (unpaired) electrons. The molecular formula is C23H23BrN4O5S2. The van der Waals surface area contributed by atoms with Crippen LogP contribution in [-0.2, 0) is 19.6 Å². The molecule has 0 spiro atoms. The second-order valence-corrected chi connectivity index (χ2v) is 11.6. The first-order valence-electron chi connectivity index (χ1n) is 10.7. The molecule has 9 nitrogen and oxygen atoms in total. The number of hydrogen-bond donors (Lipinski definition) is 1. The lowest BCUT2D eigenvalue weighted by atomic mass is 10.2. The van der Waals surface area contributed by atoms with Gasteiger partial charge in [0.1, 0.15) is 0 Å². The maximum atomic E-state index is 12.9. The van der Waals surface area contributed by atoms with Gasteiger partial charge in [0.2, 0.25) is 10.0 Å². The Kier molecular flexibility index (Phi) is 7.97. The van der Waals surface area contributed by atoms with Gasteiger partial charge in [0.25, 0.3) is 5.91 Å². The Morgan fingerprint density at radius 3 is 2.60 bits per heavy atom. The summed E-state index contributed by atoms with van der Waals surface area (Å²) < 4.78 is 33.3. The Balaban J connectivity index is 1.34. The number of halogens is 1. The molecular weight excluding hydrogens is 556 g/mol. The normalized spacial score (nSPS) is 15.0. The highest BCUT2D eigenvalue weighted by Gasteiger charge is 2.28. The molecule has 1 saturated heterocycles. The number of benzene rings is 2. The average Bonchev–Trinajstić information content (AvgIpc) is 3.31. The Morgan fingerprint density at radius 1 is 1.11 bits per heavy atom. The van der Waals surface area contributed by atoms with Gasteiger partial charge in [-0.05, 0) is 37.4 Å². The van der Waals surface area contributed by atoms with Crippen molar-refractivity contribution in [3.8, 4) is 11.3 Å². The summed E-state index contributed by atoms with van der Waals surface area (Å²) in [5, 5.41) is 4.80. The lowest BCUT2D eigenvalue weighted by Crippen LogP contribution is -2.47. The van der Waals surface area contributed by atoms with E-state index in [1.165, 1.54) is 39.9 Å². The van der Waals surface area contributed by atoms with E-state index in [0.29, 0.717) is 37.0 Å². The van der Waals surface area contributed by atoms with Gasteiger partial charge < -0.3 is 9.64 Å². The zero-order valence-electron chi connectivity index (χ0n) is 18.8. The number of anilines is 1. The number of hydrogen-bond acceptors (Lipinski definition) is 8. The predicted octanol–water partition coefficient (Wildman–Crippen LogP) is 3.30. The molecule has 1 aliphatic rings. The number of aromatic nitrogens is 1. The second kappa shape index (κ2) is 11.0. The van der Waals surface area contributed by atoms with Gasteiger partial charge >= 0.3 is 5.97 Å². The van der Waals surface area contributed by atoms with Crippen LogP contribution in [0.15, 0.2) is 63.3 Å². The number of nitrogens with one attached hydrogen (secondary N) is 1. The van der Waals surface area contributed by atoms with E-state index in [1.54, 1.807) is 0 Å². The molecule has 1 aromatic heterocycles. The number of rotatable bonds is 7. The number of esters is 1. The summed E-state index contributed by atoms with van der Waals surface area (Å²) in [6.07, 6.45) is 0. The highest BCUT2D eigenvalue weighted by Crippen LogP contribution is 2.27. The van der Waals surface area contributed by atoms with Crippen LogP contribution in [0.4, 0.5) is 5.13 Å². The molecule has 2 heterocycles. The SMILES string of the molecule is CN1CCN(S(=O)(=O)c2cccc(C(=O)OCC(=O)Nc3nc(-c4cccc(Br)c4)cs3)c2)CC1. The lowest BCUT2D eigenvalue weighted by molar-refractivity contribution is -0.119. The van der Waals surface area contributed by atoms with Crippen LogP contribution in [0.2, 0.25) is 0 Å². The first-order valence-corrected chi connectivity index (χ1v) is 13.8. The van der Waals surface area contributed by atoms with Crippen molar-refractivity contribution < 1.29 is 22.7 Å². The zero-order valence-corrected chi connectivity index (χ0v) is 22.0. The van der Waals surface area contributed by atoms with Gasteiger partial charge in [-0.2, -0.15) is 4.31 Å². The Labute approximate surface area is 215 Å². The largest absolute Gasteiger partial charge is 0.452 e. The molecule has 0 bridgehead atoms. The van der Waals surface area contributed by atoms with Crippen molar-refractivity contribution >= 4 is 54.3 Å². The molecule has 2 aromatic carbocycles. The molecule has 3 aromatic rings. The number of likely N-dealkylation sites (N-methyl/N-ethyl adjacent to an activating group) is 1. The second-order valence-electron chi connectivity index (χ2n) is 7.91. The molecule has 0 unspecified atom stereocenters. The van der Waals surface area contributed by atoms with Gasteiger partial charge in [-0.3, -0.25) is 10.1 Å². The topological polar surface area (TPSA) is 109 Å². The van der Waals surface area contributed by atoms with Gasteiger partial charge in [0, 0.05) is 41.6 Å². The fourth-order valence-electron chi connectivity index (χ4n) is 3.44. The van der Waals surface area contributed by atoms with Gasteiger partial charge in [0.05, 0.1) is 16.2 Å². The smallest absolute Gasteiger partial charge is 0.338 e. The molecule has 12 heteroatoms. The van der Waals surface area contributed by atoms with Crippen LogP contribution < -0.4 is 5.32 Å². The van der Waals surface area contributed by atoms with Crippen molar-refractivity contribution in [1.82, 2.24) is 14.2 Å². The quantitative estimate of drug-likeness (QED) is 0.428. The zero-order chi connectivity index (χ0) is 25.0. The number of carbonyl (C=O) groups excluding carboxylic acids is 2. The van der Waals surface area contributed by atoms with Gasteiger partial charge in [-0.1, -0.05) is 34.1 Å². The van der Waals surface area contributed by atoms with E-state index in [0.717, 1.165) is 10.0 Å². The van der Waals surface area contributed by atoms with Crippen molar-refractivity contribution in [2.24, 2.45) is 0 Å². The van der Waals surface area contributed by atoms with Gasteiger partial charge in [-0.25, -0.2) is 18.2 Å². The maximum Gasteiger partial charge on any atom is 0.338 e. The van der Waals surface area contributed by atoms with E-state index >= 15 is 0 Å². The number of nitrogens with zero attached hydrogens (tertiary/aromatic N) is 3. The van der Waals surface area contributed by atoms with E-state index in [2.05, 4.69) is 31.1 Å².